The first kappa shape index (κ1) is 32.2. The molecule has 0 heterocycles. The Balaban J connectivity index is 2.08. The van der Waals surface area contributed by atoms with Gasteiger partial charge in [0.25, 0.3) is 10.0 Å². The predicted octanol–water partition coefficient (Wildman–Crippen LogP) is 5.78. The summed E-state index contributed by atoms with van der Waals surface area (Å²) < 4.78 is 34.0. The third-order valence-electron chi connectivity index (χ3n) is 6.43. The van der Waals surface area contributed by atoms with Crippen LogP contribution in [0.4, 0.5) is 5.69 Å². The van der Waals surface area contributed by atoms with Gasteiger partial charge in [0.15, 0.2) is 0 Å². The second-order valence-electron chi connectivity index (χ2n) is 9.81. The number of ether oxygens (including phenoxy) is 1. The molecule has 0 aromatic heterocycles. The number of sulfonamides is 1. The molecule has 0 bridgehead atoms. The number of benzene rings is 3. The van der Waals surface area contributed by atoms with Gasteiger partial charge in [-0.05, 0) is 60.9 Å². The van der Waals surface area contributed by atoms with Crippen LogP contribution in [0.1, 0.15) is 32.8 Å². The maximum absolute atomic E-state index is 14.1. The molecule has 1 unspecified atom stereocenters. The first-order chi connectivity index (χ1) is 19.5. The summed E-state index contributed by atoms with van der Waals surface area (Å²) in [5.41, 5.74) is 0.720. The van der Waals surface area contributed by atoms with Gasteiger partial charge in [0.2, 0.25) is 11.8 Å². The summed E-state index contributed by atoms with van der Waals surface area (Å²) in [6, 6.07) is 18.3. The lowest BCUT2D eigenvalue weighted by atomic mass is 10.1. The largest absolute Gasteiger partial charge is 0.497 e. The highest BCUT2D eigenvalue weighted by molar-refractivity contribution is 7.92. The van der Waals surface area contributed by atoms with Crippen molar-refractivity contribution in [1.82, 2.24) is 10.2 Å². The number of hydrogen-bond acceptors (Lipinski definition) is 5. The van der Waals surface area contributed by atoms with E-state index in [0.29, 0.717) is 27.9 Å². The van der Waals surface area contributed by atoms with Gasteiger partial charge in [-0.3, -0.25) is 13.9 Å². The van der Waals surface area contributed by atoms with Crippen molar-refractivity contribution in [3.05, 3.63) is 88.4 Å². The number of methoxy groups -OCH3 is 1. The van der Waals surface area contributed by atoms with Crippen LogP contribution in [-0.4, -0.2) is 51.4 Å². The first-order valence-electron chi connectivity index (χ1n) is 13.2. The smallest absolute Gasteiger partial charge is 0.264 e. The van der Waals surface area contributed by atoms with Crippen LogP contribution in [0.5, 0.6) is 5.75 Å². The van der Waals surface area contributed by atoms with E-state index in [2.05, 4.69) is 5.32 Å². The van der Waals surface area contributed by atoms with E-state index < -0.39 is 28.5 Å². The van der Waals surface area contributed by atoms with Crippen molar-refractivity contribution >= 4 is 50.7 Å². The highest BCUT2D eigenvalue weighted by Gasteiger charge is 2.34. The molecule has 0 aliphatic carbocycles. The maximum atomic E-state index is 14.1. The molecule has 0 fully saturated rings. The number of halogens is 2. The van der Waals surface area contributed by atoms with Crippen molar-refractivity contribution in [3.63, 3.8) is 0 Å². The molecule has 0 aliphatic heterocycles. The summed E-state index contributed by atoms with van der Waals surface area (Å²) in [7, 11) is -2.67. The number of amides is 2. The summed E-state index contributed by atoms with van der Waals surface area (Å²) >= 11 is 12.9. The van der Waals surface area contributed by atoms with E-state index in [-0.39, 0.29) is 35.4 Å². The number of nitrogens with zero attached hydrogens (tertiary/aromatic N) is 2. The van der Waals surface area contributed by atoms with Crippen molar-refractivity contribution in [2.75, 3.05) is 24.5 Å². The van der Waals surface area contributed by atoms with Crippen LogP contribution in [0.2, 0.25) is 10.0 Å². The zero-order valence-electron chi connectivity index (χ0n) is 23.5. The highest BCUT2D eigenvalue weighted by atomic mass is 35.5. The lowest BCUT2D eigenvalue weighted by Crippen LogP contribution is -2.52. The molecule has 8 nitrogen and oxygen atoms in total. The molecule has 1 N–H and O–H groups in total. The van der Waals surface area contributed by atoms with Gasteiger partial charge in [0.05, 0.1) is 17.7 Å². The molecule has 1 atom stereocenters. The fourth-order valence-electron chi connectivity index (χ4n) is 4.19. The van der Waals surface area contributed by atoms with Crippen LogP contribution in [-0.2, 0) is 26.2 Å². The Morgan fingerprint density at radius 3 is 2.07 bits per heavy atom. The SMILES string of the molecule is CCC(C(=O)NCC(C)C)N(Cc1c(Cl)cccc1Cl)C(=O)CN(c1ccc(OC)cc1)S(=O)(=O)c1ccccc1. The molecule has 220 valence electrons. The molecule has 41 heavy (non-hydrogen) atoms. The van der Waals surface area contributed by atoms with E-state index >= 15 is 0 Å². The van der Waals surface area contributed by atoms with Gasteiger partial charge in [-0.1, -0.05) is 68.2 Å². The van der Waals surface area contributed by atoms with Crippen LogP contribution in [0.25, 0.3) is 0 Å². The summed E-state index contributed by atoms with van der Waals surface area (Å²) in [6.07, 6.45) is 0.283. The molecule has 11 heteroatoms. The minimum absolute atomic E-state index is 0.0195. The Morgan fingerprint density at radius 1 is 0.927 bits per heavy atom. The lowest BCUT2D eigenvalue weighted by molar-refractivity contribution is -0.140. The Bertz CT molecular complexity index is 1410. The topological polar surface area (TPSA) is 96.0 Å². The van der Waals surface area contributed by atoms with Gasteiger partial charge in [-0.25, -0.2) is 8.42 Å². The van der Waals surface area contributed by atoms with Crippen molar-refractivity contribution in [1.29, 1.82) is 0 Å². The quantitative estimate of drug-likeness (QED) is 0.262. The van der Waals surface area contributed by atoms with Crippen LogP contribution in [0.3, 0.4) is 0 Å². The second-order valence-corrected chi connectivity index (χ2v) is 12.5. The number of rotatable bonds is 13. The molecule has 0 radical (unpaired) electrons. The fourth-order valence-corrected chi connectivity index (χ4v) is 6.14. The average molecular weight is 621 g/mol. The fraction of sp³-hybridized carbons (Fsp3) is 0.333. The van der Waals surface area contributed by atoms with Gasteiger partial charge in [-0.2, -0.15) is 0 Å². The lowest BCUT2D eigenvalue weighted by Gasteiger charge is -2.33. The minimum Gasteiger partial charge on any atom is -0.497 e. The molecule has 3 rings (SSSR count). The second kappa shape index (κ2) is 14.6. The van der Waals surface area contributed by atoms with Crippen molar-refractivity contribution in [3.8, 4) is 5.75 Å². The van der Waals surface area contributed by atoms with Gasteiger partial charge in [0, 0.05) is 28.7 Å². The summed E-state index contributed by atoms with van der Waals surface area (Å²) in [6.45, 7) is 5.48. The summed E-state index contributed by atoms with van der Waals surface area (Å²) in [5.74, 6) is -0.220. The normalized spacial score (nSPS) is 12.1. The van der Waals surface area contributed by atoms with Gasteiger partial charge in [-0.15, -0.1) is 0 Å². The van der Waals surface area contributed by atoms with Crippen molar-refractivity contribution in [2.45, 2.75) is 44.7 Å². The number of anilines is 1. The highest BCUT2D eigenvalue weighted by Crippen LogP contribution is 2.29. The van der Waals surface area contributed by atoms with Gasteiger partial charge >= 0.3 is 0 Å². The van der Waals surface area contributed by atoms with E-state index in [1.54, 1.807) is 67.6 Å². The Hall–Kier alpha value is -3.27. The van der Waals surface area contributed by atoms with E-state index in [4.69, 9.17) is 27.9 Å². The van der Waals surface area contributed by atoms with Crippen LogP contribution >= 0.6 is 23.2 Å². The monoisotopic (exact) mass is 619 g/mol. The Labute approximate surface area is 252 Å². The van der Waals surface area contributed by atoms with Crippen molar-refractivity contribution < 1.29 is 22.7 Å². The standard InChI is InChI=1S/C30H35Cl2N3O5S/c1-5-28(30(37)33-18-21(2)3)34(19-25-26(31)12-9-13-27(25)32)29(36)20-35(22-14-16-23(40-4)17-15-22)41(38,39)24-10-7-6-8-11-24/h6-17,21,28H,5,18-20H2,1-4H3,(H,33,37). The molecule has 0 saturated heterocycles. The predicted molar refractivity (Wildman–Crippen MR) is 163 cm³/mol. The van der Waals surface area contributed by atoms with Crippen LogP contribution in [0, 0.1) is 5.92 Å². The number of carbonyl (C=O) groups excluding carboxylic acids is 2. The van der Waals surface area contributed by atoms with Crippen LogP contribution in [0.15, 0.2) is 77.7 Å². The molecule has 0 spiro atoms. The zero-order valence-corrected chi connectivity index (χ0v) is 25.8. The molecule has 3 aromatic carbocycles. The molecule has 3 aromatic rings. The average Bonchev–Trinajstić information content (AvgIpc) is 2.96. The Morgan fingerprint density at radius 2 is 1.54 bits per heavy atom. The van der Waals surface area contributed by atoms with E-state index in [0.717, 1.165) is 4.31 Å². The van der Waals surface area contributed by atoms with Crippen molar-refractivity contribution in [2.24, 2.45) is 5.92 Å². The molecular formula is C30H35Cl2N3O5S. The number of hydrogen-bond donors (Lipinski definition) is 1. The molecule has 2 amide bonds. The zero-order chi connectivity index (χ0) is 30.2. The van der Waals surface area contributed by atoms with Crippen LogP contribution < -0.4 is 14.4 Å². The summed E-state index contributed by atoms with van der Waals surface area (Å²) in [4.78, 5) is 28.8. The number of carbonyl (C=O) groups is 2. The first-order valence-corrected chi connectivity index (χ1v) is 15.4. The third-order valence-corrected chi connectivity index (χ3v) is 8.93. The molecule has 0 saturated carbocycles. The third kappa shape index (κ3) is 8.15. The minimum atomic E-state index is -4.17. The van der Waals surface area contributed by atoms with E-state index in [1.165, 1.54) is 24.1 Å². The van der Waals surface area contributed by atoms with Gasteiger partial charge < -0.3 is 15.0 Å². The van der Waals surface area contributed by atoms with E-state index in [9.17, 15) is 18.0 Å². The summed E-state index contributed by atoms with van der Waals surface area (Å²) in [5, 5.41) is 3.55. The molecule has 0 aliphatic rings. The number of nitrogens with one attached hydrogen (secondary N) is 1. The van der Waals surface area contributed by atoms with Gasteiger partial charge in [0.1, 0.15) is 18.3 Å². The Kier molecular flexibility index (Phi) is 11.5. The maximum Gasteiger partial charge on any atom is 0.264 e. The van der Waals surface area contributed by atoms with E-state index in [1.807, 2.05) is 13.8 Å². The molecular weight excluding hydrogens is 585 g/mol.